The van der Waals surface area contributed by atoms with E-state index in [1.165, 1.54) is 66.1 Å². The molecule has 0 fully saturated rings. The molecule has 0 heterocycles. The molecule has 10 aromatic rings. The first-order valence-corrected chi connectivity index (χ1v) is 22.0. The largest absolute Gasteiger partial charge is 0.309 e. The van der Waals surface area contributed by atoms with Crippen LogP contribution in [0.15, 0.2) is 237 Å². The van der Waals surface area contributed by atoms with Crippen LogP contribution in [0.3, 0.4) is 0 Å². The molecule has 0 saturated carbocycles. The first-order chi connectivity index (χ1) is 29.1. The lowest BCUT2D eigenvalue weighted by Gasteiger charge is -2.34. The maximum atomic E-state index is 15.1. The van der Waals surface area contributed by atoms with Gasteiger partial charge >= 0.3 is 0 Å². The summed E-state index contributed by atoms with van der Waals surface area (Å²) in [6, 6.07) is 84.2. The molecule has 59 heavy (non-hydrogen) atoms. The van der Waals surface area contributed by atoms with E-state index in [1.54, 1.807) is 0 Å². The van der Waals surface area contributed by atoms with Gasteiger partial charge < -0.3 is 4.57 Å². The zero-order valence-corrected chi connectivity index (χ0v) is 33.3. The van der Waals surface area contributed by atoms with Gasteiger partial charge in [0, 0.05) is 15.9 Å². The van der Waals surface area contributed by atoms with Crippen LogP contribution in [0, 0.1) is 0 Å². The second kappa shape index (κ2) is 14.1. The summed E-state index contributed by atoms with van der Waals surface area (Å²) in [5, 5.41) is 7.46. The molecule has 1 aliphatic carbocycles. The molecule has 1 aliphatic rings. The van der Waals surface area contributed by atoms with Crippen molar-refractivity contribution in [2.75, 3.05) is 0 Å². The van der Waals surface area contributed by atoms with Gasteiger partial charge in [0.05, 0.1) is 5.41 Å². The molecule has 11 rings (SSSR count). The fourth-order valence-electron chi connectivity index (χ4n) is 9.73. The van der Waals surface area contributed by atoms with Crippen LogP contribution in [0.25, 0.3) is 54.9 Å². The highest BCUT2D eigenvalue weighted by Gasteiger charge is 2.46. The Morgan fingerprint density at radius 3 is 1.39 bits per heavy atom. The molecular formula is C57H39OP. The molecule has 10 aromatic carbocycles. The maximum absolute atomic E-state index is 15.1. The Morgan fingerprint density at radius 1 is 0.322 bits per heavy atom. The summed E-state index contributed by atoms with van der Waals surface area (Å²) < 4.78 is 15.1. The molecule has 0 atom stereocenters. The van der Waals surface area contributed by atoms with E-state index in [2.05, 4.69) is 176 Å². The predicted molar refractivity (Wildman–Crippen MR) is 249 cm³/mol. The molecule has 1 nitrogen and oxygen atoms in total. The van der Waals surface area contributed by atoms with E-state index in [0.29, 0.717) is 0 Å². The monoisotopic (exact) mass is 770 g/mol. The van der Waals surface area contributed by atoms with Crippen molar-refractivity contribution in [3.05, 3.63) is 259 Å². The van der Waals surface area contributed by atoms with E-state index < -0.39 is 12.6 Å². The van der Waals surface area contributed by atoms with Crippen molar-refractivity contribution in [1.29, 1.82) is 0 Å². The average Bonchev–Trinajstić information content (AvgIpc) is 3.62. The SMILES string of the molecule is O=P(c1ccccc1)(c1ccccc1)c1ccc(-c2ccc(C3(c4ccc5cc6ccccc6c(-c6ccccc6)c5c4)c4ccccc4-c4ccccc43)cc2)cc1. The summed E-state index contributed by atoms with van der Waals surface area (Å²) >= 11 is 0. The molecular weight excluding hydrogens is 732 g/mol. The Hall–Kier alpha value is -7.05. The van der Waals surface area contributed by atoms with Crippen molar-refractivity contribution in [1.82, 2.24) is 0 Å². The molecule has 0 aromatic heterocycles. The van der Waals surface area contributed by atoms with Gasteiger partial charge in [0.15, 0.2) is 7.14 Å². The van der Waals surface area contributed by atoms with Gasteiger partial charge in [0.2, 0.25) is 0 Å². The number of rotatable bonds is 7. The van der Waals surface area contributed by atoms with Crippen LogP contribution in [-0.2, 0) is 9.98 Å². The molecule has 0 bridgehead atoms. The zero-order valence-electron chi connectivity index (χ0n) is 32.4. The van der Waals surface area contributed by atoms with Crippen molar-refractivity contribution in [3.8, 4) is 33.4 Å². The van der Waals surface area contributed by atoms with Gasteiger partial charge in [-0.15, -0.1) is 0 Å². The van der Waals surface area contributed by atoms with Gasteiger partial charge in [-0.05, 0) is 89.3 Å². The van der Waals surface area contributed by atoms with Crippen molar-refractivity contribution in [2.45, 2.75) is 5.41 Å². The van der Waals surface area contributed by atoms with E-state index in [9.17, 15) is 0 Å². The third kappa shape index (κ3) is 5.50. The van der Waals surface area contributed by atoms with Crippen LogP contribution in [-0.4, -0.2) is 0 Å². The normalized spacial score (nSPS) is 12.9. The molecule has 0 radical (unpaired) electrons. The lowest BCUT2D eigenvalue weighted by molar-refractivity contribution is 0.592. The van der Waals surface area contributed by atoms with Crippen molar-refractivity contribution in [3.63, 3.8) is 0 Å². The lowest BCUT2D eigenvalue weighted by Crippen LogP contribution is -2.28. The van der Waals surface area contributed by atoms with Crippen LogP contribution < -0.4 is 15.9 Å². The van der Waals surface area contributed by atoms with E-state index >= 15 is 4.57 Å². The van der Waals surface area contributed by atoms with Crippen LogP contribution in [0.1, 0.15) is 22.3 Å². The summed E-state index contributed by atoms with van der Waals surface area (Å²) in [6.07, 6.45) is 0. The molecule has 0 aliphatic heterocycles. The molecule has 0 N–H and O–H groups in total. The highest BCUT2D eigenvalue weighted by Crippen LogP contribution is 2.57. The van der Waals surface area contributed by atoms with Gasteiger partial charge in [-0.25, -0.2) is 0 Å². The van der Waals surface area contributed by atoms with Crippen LogP contribution in [0.5, 0.6) is 0 Å². The molecule has 0 spiro atoms. The summed E-state index contributed by atoms with van der Waals surface area (Å²) in [5.41, 5.74) is 11.7. The van der Waals surface area contributed by atoms with E-state index in [4.69, 9.17) is 0 Å². The standard InChI is InChI=1S/C57H39OP/c58-59(47-19-6-2-7-20-47,48-21-8-3-9-22-48)49-36-31-41(32-37-49)40-28-33-45(34-29-40)57(54-26-14-12-24-51(54)52-25-13-15-27-55(52)57)46-35-30-44-38-43-18-10-11-23-50(43)56(53(44)39-46)42-16-4-1-5-17-42/h1-39H. The predicted octanol–water partition coefficient (Wildman–Crippen LogP) is 13.3. The second-order valence-electron chi connectivity index (χ2n) is 15.5. The van der Waals surface area contributed by atoms with Gasteiger partial charge in [0.1, 0.15) is 0 Å². The Kier molecular flexibility index (Phi) is 8.40. The Labute approximate surface area is 345 Å². The fourth-order valence-corrected chi connectivity index (χ4v) is 12.4. The maximum Gasteiger partial charge on any atom is 0.171 e. The van der Waals surface area contributed by atoms with Crippen molar-refractivity contribution >= 4 is 44.6 Å². The minimum Gasteiger partial charge on any atom is -0.309 e. The van der Waals surface area contributed by atoms with Gasteiger partial charge in [0.25, 0.3) is 0 Å². The molecule has 0 saturated heterocycles. The summed E-state index contributed by atoms with van der Waals surface area (Å²) in [7, 11) is -3.07. The van der Waals surface area contributed by atoms with Crippen LogP contribution in [0.2, 0.25) is 0 Å². The molecule has 2 heteroatoms. The summed E-state index contributed by atoms with van der Waals surface area (Å²) in [4.78, 5) is 0. The summed E-state index contributed by atoms with van der Waals surface area (Å²) in [5.74, 6) is 0. The van der Waals surface area contributed by atoms with E-state index in [1.807, 2.05) is 60.7 Å². The fraction of sp³-hybridized carbons (Fsp3) is 0.0175. The number of hydrogen-bond donors (Lipinski definition) is 0. The Balaban J connectivity index is 1.08. The van der Waals surface area contributed by atoms with Gasteiger partial charge in [-0.3, -0.25) is 0 Å². The van der Waals surface area contributed by atoms with Crippen molar-refractivity contribution in [2.24, 2.45) is 0 Å². The topological polar surface area (TPSA) is 17.1 Å². The second-order valence-corrected chi connectivity index (χ2v) is 18.3. The minimum absolute atomic E-state index is 0.554. The number of fused-ring (bicyclic) bond motifs is 5. The smallest absolute Gasteiger partial charge is 0.171 e. The first kappa shape index (κ1) is 35.1. The minimum atomic E-state index is -3.07. The van der Waals surface area contributed by atoms with E-state index in [0.717, 1.165) is 27.0 Å². The van der Waals surface area contributed by atoms with Crippen LogP contribution in [0.4, 0.5) is 0 Å². The highest BCUT2D eigenvalue weighted by molar-refractivity contribution is 7.85. The van der Waals surface area contributed by atoms with Gasteiger partial charge in [-0.2, -0.15) is 0 Å². The highest BCUT2D eigenvalue weighted by atomic mass is 31.2. The molecule has 278 valence electrons. The third-order valence-corrected chi connectivity index (χ3v) is 15.5. The first-order valence-electron chi connectivity index (χ1n) is 20.3. The number of benzene rings is 10. The lowest BCUT2D eigenvalue weighted by atomic mass is 9.67. The number of hydrogen-bond acceptors (Lipinski definition) is 1. The Bertz CT molecular complexity index is 3120. The zero-order chi connectivity index (χ0) is 39.4. The van der Waals surface area contributed by atoms with Crippen LogP contribution >= 0.6 is 7.14 Å². The summed E-state index contributed by atoms with van der Waals surface area (Å²) in [6.45, 7) is 0. The molecule has 0 unspecified atom stereocenters. The van der Waals surface area contributed by atoms with Crippen molar-refractivity contribution < 1.29 is 4.57 Å². The Morgan fingerprint density at radius 2 is 0.780 bits per heavy atom. The molecule has 0 amide bonds. The van der Waals surface area contributed by atoms with Gasteiger partial charge in [-0.1, -0.05) is 224 Å². The quantitative estimate of drug-likeness (QED) is 0.117. The average molecular weight is 771 g/mol. The van der Waals surface area contributed by atoms with E-state index in [-0.39, 0.29) is 0 Å². The third-order valence-electron chi connectivity index (χ3n) is 12.4.